The highest BCUT2D eigenvalue weighted by Crippen LogP contribution is 2.28. The fourth-order valence-corrected chi connectivity index (χ4v) is 3.54. The standard InChI is InChI=1S/C20H21N3OS/c1-4-13-23-18-12-8-7-11-17(18)22-20(23)25-15(3)19(24)21-16-10-6-5-9-14(16)2/h4-12,15H,1,13H2,2-3H3,(H,21,24). The Morgan fingerprint density at radius 2 is 2.00 bits per heavy atom. The average molecular weight is 351 g/mol. The summed E-state index contributed by atoms with van der Waals surface area (Å²) >= 11 is 1.46. The van der Waals surface area contributed by atoms with Crippen molar-refractivity contribution < 1.29 is 4.79 Å². The molecule has 0 fully saturated rings. The molecule has 128 valence electrons. The fourth-order valence-electron chi connectivity index (χ4n) is 2.61. The zero-order valence-corrected chi connectivity index (χ0v) is 15.2. The molecule has 1 amide bonds. The smallest absolute Gasteiger partial charge is 0.237 e. The highest BCUT2D eigenvalue weighted by atomic mass is 32.2. The Balaban J connectivity index is 1.80. The molecule has 4 nitrogen and oxygen atoms in total. The molecule has 1 atom stereocenters. The van der Waals surface area contributed by atoms with E-state index in [0.717, 1.165) is 27.4 Å². The molecule has 0 saturated carbocycles. The molecule has 1 N–H and O–H groups in total. The van der Waals surface area contributed by atoms with E-state index in [9.17, 15) is 4.79 Å². The van der Waals surface area contributed by atoms with E-state index in [2.05, 4.69) is 21.4 Å². The summed E-state index contributed by atoms with van der Waals surface area (Å²) in [5, 5.41) is 3.56. The monoisotopic (exact) mass is 351 g/mol. The summed E-state index contributed by atoms with van der Waals surface area (Å²) in [6.07, 6.45) is 1.84. The number of rotatable bonds is 6. The third-order valence-corrected chi connectivity index (χ3v) is 5.08. The van der Waals surface area contributed by atoms with Crippen molar-refractivity contribution in [2.45, 2.75) is 30.8 Å². The van der Waals surface area contributed by atoms with Gasteiger partial charge in [-0.3, -0.25) is 4.79 Å². The predicted octanol–water partition coefficient (Wildman–Crippen LogP) is 4.65. The molecule has 3 rings (SSSR count). The minimum Gasteiger partial charge on any atom is -0.325 e. The first-order chi connectivity index (χ1) is 12.1. The van der Waals surface area contributed by atoms with E-state index in [1.807, 2.05) is 68.5 Å². The van der Waals surface area contributed by atoms with Crippen LogP contribution in [-0.4, -0.2) is 20.7 Å². The molecule has 0 saturated heterocycles. The van der Waals surface area contributed by atoms with Gasteiger partial charge in [-0.25, -0.2) is 4.98 Å². The van der Waals surface area contributed by atoms with Gasteiger partial charge >= 0.3 is 0 Å². The number of benzene rings is 2. The zero-order chi connectivity index (χ0) is 17.8. The summed E-state index contributed by atoms with van der Waals surface area (Å²) < 4.78 is 2.09. The van der Waals surface area contributed by atoms with Crippen molar-refractivity contribution in [2.75, 3.05) is 5.32 Å². The highest BCUT2D eigenvalue weighted by molar-refractivity contribution is 8.00. The number of aromatic nitrogens is 2. The van der Waals surface area contributed by atoms with Crippen LogP contribution in [0.2, 0.25) is 0 Å². The lowest BCUT2D eigenvalue weighted by molar-refractivity contribution is -0.115. The van der Waals surface area contributed by atoms with Gasteiger partial charge in [0.25, 0.3) is 0 Å². The van der Waals surface area contributed by atoms with Gasteiger partial charge in [0.15, 0.2) is 5.16 Å². The summed E-state index contributed by atoms with van der Waals surface area (Å²) in [5.41, 5.74) is 3.88. The number of anilines is 1. The molecule has 1 heterocycles. The van der Waals surface area contributed by atoms with Crippen LogP contribution < -0.4 is 5.32 Å². The molecule has 0 radical (unpaired) electrons. The van der Waals surface area contributed by atoms with Crippen LogP contribution in [0.1, 0.15) is 12.5 Å². The largest absolute Gasteiger partial charge is 0.325 e. The number of hydrogen-bond donors (Lipinski definition) is 1. The minimum absolute atomic E-state index is 0.0310. The van der Waals surface area contributed by atoms with Crippen molar-refractivity contribution >= 4 is 34.4 Å². The van der Waals surface area contributed by atoms with Crippen molar-refractivity contribution in [1.29, 1.82) is 0 Å². The summed E-state index contributed by atoms with van der Waals surface area (Å²) in [7, 11) is 0. The lowest BCUT2D eigenvalue weighted by atomic mass is 10.2. The van der Waals surface area contributed by atoms with E-state index >= 15 is 0 Å². The van der Waals surface area contributed by atoms with Crippen LogP contribution in [-0.2, 0) is 11.3 Å². The molecule has 0 bridgehead atoms. The van der Waals surface area contributed by atoms with Gasteiger partial charge < -0.3 is 9.88 Å². The number of thioether (sulfide) groups is 1. The van der Waals surface area contributed by atoms with E-state index in [0.29, 0.717) is 6.54 Å². The molecule has 0 aliphatic heterocycles. The Morgan fingerprint density at radius 1 is 1.28 bits per heavy atom. The van der Waals surface area contributed by atoms with Crippen LogP contribution >= 0.6 is 11.8 Å². The Morgan fingerprint density at radius 3 is 2.76 bits per heavy atom. The summed E-state index contributed by atoms with van der Waals surface area (Å²) in [6, 6.07) is 15.8. The Bertz CT molecular complexity index is 916. The van der Waals surface area contributed by atoms with Crippen LogP contribution in [0.5, 0.6) is 0 Å². The van der Waals surface area contributed by atoms with Gasteiger partial charge in [0, 0.05) is 12.2 Å². The maximum Gasteiger partial charge on any atom is 0.237 e. The first-order valence-corrected chi connectivity index (χ1v) is 9.07. The van der Waals surface area contributed by atoms with Gasteiger partial charge in [0.2, 0.25) is 5.91 Å². The van der Waals surface area contributed by atoms with Crippen molar-refractivity contribution in [3.05, 3.63) is 66.7 Å². The molecule has 3 aromatic rings. The SMILES string of the molecule is C=CCn1c(SC(C)C(=O)Nc2ccccc2C)nc2ccccc21. The Labute approximate surface area is 152 Å². The molecule has 0 aliphatic carbocycles. The van der Waals surface area contributed by atoms with Crippen LogP contribution in [0.3, 0.4) is 0 Å². The first kappa shape index (κ1) is 17.3. The number of carbonyl (C=O) groups is 1. The van der Waals surface area contributed by atoms with Gasteiger partial charge in [0.05, 0.1) is 16.3 Å². The predicted molar refractivity (Wildman–Crippen MR) is 105 cm³/mol. The van der Waals surface area contributed by atoms with Crippen LogP contribution in [0.4, 0.5) is 5.69 Å². The molecular formula is C20H21N3OS. The molecule has 1 unspecified atom stereocenters. The van der Waals surface area contributed by atoms with Gasteiger partial charge in [-0.05, 0) is 37.6 Å². The maximum absolute atomic E-state index is 12.6. The van der Waals surface area contributed by atoms with Crippen molar-refractivity contribution in [3.8, 4) is 0 Å². The normalized spacial score (nSPS) is 12.1. The number of nitrogens with zero attached hydrogens (tertiary/aromatic N) is 2. The summed E-state index contributed by atoms with van der Waals surface area (Å²) in [4.78, 5) is 17.2. The second-order valence-electron chi connectivity index (χ2n) is 5.85. The van der Waals surface area contributed by atoms with Gasteiger partial charge in [-0.2, -0.15) is 0 Å². The number of para-hydroxylation sites is 3. The number of carbonyl (C=O) groups excluding carboxylic acids is 1. The lowest BCUT2D eigenvalue weighted by Crippen LogP contribution is -2.23. The van der Waals surface area contributed by atoms with Gasteiger partial charge in [-0.15, -0.1) is 6.58 Å². The molecule has 25 heavy (non-hydrogen) atoms. The third-order valence-electron chi connectivity index (χ3n) is 3.99. The Hall–Kier alpha value is -2.53. The van der Waals surface area contributed by atoms with Gasteiger partial charge in [0.1, 0.15) is 0 Å². The molecule has 1 aromatic heterocycles. The first-order valence-electron chi connectivity index (χ1n) is 8.19. The zero-order valence-electron chi connectivity index (χ0n) is 14.4. The van der Waals surface area contributed by atoms with E-state index in [1.54, 1.807) is 0 Å². The van der Waals surface area contributed by atoms with E-state index in [1.165, 1.54) is 11.8 Å². The van der Waals surface area contributed by atoms with E-state index < -0.39 is 0 Å². The van der Waals surface area contributed by atoms with Crippen molar-refractivity contribution in [3.63, 3.8) is 0 Å². The minimum atomic E-state index is -0.264. The number of amides is 1. The van der Waals surface area contributed by atoms with E-state index in [4.69, 9.17) is 0 Å². The Kier molecular flexibility index (Phi) is 5.24. The number of nitrogens with one attached hydrogen (secondary N) is 1. The second-order valence-corrected chi connectivity index (χ2v) is 7.15. The third kappa shape index (κ3) is 3.77. The fraction of sp³-hybridized carbons (Fsp3) is 0.200. The van der Waals surface area contributed by atoms with Crippen LogP contribution in [0.15, 0.2) is 66.3 Å². The van der Waals surface area contributed by atoms with Gasteiger partial charge in [-0.1, -0.05) is 48.2 Å². The van der Waals surface area contributed by atoms with E-state index in [-0.39, 0.29) is 11.2 Å². The number of aryl methyl sites for hydroxylation is 1. The second kappa shape index (κ2) is 7.57. The number of hydrogen-bond acceptors (Lipinski definition) is 3. The molecule has 0 aliphatic rings. The summed E-state index contributed by atoms with van der Waals surface area (Å²) in [5.74, 6) is -0.0310. The number of fused-ring (bicyclic) bond motifs is 1. The van der Waals surface area contributed by atoms with Crippen LogP contribution in [0, 0.1) is 6.92 Å². The quantitative estimate of drug-likeness (QED) is 0.519. The molecule has 2 aromatic carbocycles. The molecule has 0 spiro atoms. The maximum atomic E-state index is 12.6. The van der Waals surface area contributed by atoms with Crippen molar-refractivity contribution in [2.24, 2.45) is 0 Å². The van der Waals surface area contributed by atoms with Crippen molar-refractivity contribution in [1.82, 2.24) is 9.55 Å². The highest BCUT2D eigenvalue weighted by Gasteiger charge is 2.19. The number of imidazole rings is 1. The lowest BCUT2D eigenvalue weighted by Gasteiger charge is -2.14. The topological polar surface area (TPSA) is 46.9 Å². The number of allylic oxidation sites excluding steroid dienone is 1. The summed E-state index contributed by atoms with van der Waals surface area (Å²) in [6.45, 7) is 8.37. The van der Waals surface area contributed by atoms with Crippen LogP contribution in [0.25, 0.3) is 11.0 Å². The molecule has 5 heteroatoms. The molecular weight excluding hydrogens is 330 g/mol. The average Bonchev–Trinajstić information content (AvgIpc) is 2.95.